The van der Waals surface area contributed by atoms with Gasteiger partial charge in [-0.25, -0.2) is 4.98 Å². The molecule has 0 aliphatic rings. The van der Waals surface area contributed by atoms with Gasteiger partial charge in [0.15, 0.2) is 0 Å². The zero-order valence-electron chi connectivity index (χ0n) is 10.5. The summed E-state index contributed by atoms with van der Waals surface area (Å²) >= 11 is 2.37. The van der Waals surface area contributed by atoms with Gasteiger partial charge in [-0.1, -0.05) is 0 Å². The molecular weight excluding hydrogens is 300 g/mol. The lowest BCUT2D eigenvalue weighted by Gasteiger charge is -2.23. The van der Waals surface area contributed by atoms with Crippen LogP contribution in [0.25, 0.3) is 0 Å². The molecule has 1 atom stereocenters. The van der Waals surface area contributed by atoms with E-state index in [-0.39, 0.29) is 4.75 Å². The molecule has 0 saturated heterocycles. The number of hydrogen-bond donors (Lipinski definition) is 1. The molecule has 1 heterocycles. The van der Waals surface area contributed by atoms with E-state index in [2.05, 4.69) is 25.6 Å². The van der Waals surface area contributed by atoms with E-state index in [1.807, 2.05) is 32.9 Å². The lowest BCUT2D eigenvalue weighted by molar-refractivity contribution is 0.542. The first kappa shape index (κ1) is 15.0. The third-order valence-corrected chi connectivity index (χ3v) is 4.23. The monoisotopic (exact) mass is 318 g/mol. The molecule has 1 aromatic rings. The van der Waals surface area contributed by atoms with Gasteiger partial charge < -0.3 is 4.55 Å². The predicted molar refractivity (Wildman–Crippen MR) is 76.2 cm³/mol. The summed E-state index contributed by atoms with van der Waals surface area (Å²) in [5.41, 5.74) is 1.25. The van der Waals surface area contributed by atoms with Crippen LogP contribution in [0, 0.1) is 0 Å². The van der Waals surface area contributed by atoms with E-state index in [0.29, 0.717) is 0 Å². The Morgan fingerprint density at radius 2 is 2.18 bits per heavy atom. The van der Waals surface area contributed by atoms with Crippen molar-refractivity contribution in [2.45, 2.75) is 38.4 Å². The average Bonchev–Trinajstić information content (AvgIpc) is 2.23. The van der Waals surface area contributed by atoms with E-state index in [1.165, 1.54) is 5.56 Å². The number of aromatic nitrogens is 1. The largest absolute Gasteiger partial charge is 0.598 e. The summed E-state index contributed by atoms with van der Waals surface area (Å²) in [6.07, 6.45) is 3.73. The third-order valence-electron chi connectivity index (χ3n) is 2.22. The first-order chi connectivity index (χ1) is 7.89. The second kappa shape index (κ2) is 6.73. The molecule has 0 unspecified atom stereocenters. The normalized spacial score (nSPS) is 13.7. The summed E-state index contributed by atoms with van der Waals surface area (Å²) in [6.45, 7) is 6.67. The van der Waals surface area contributed by atoms with Crippen molar-refractivity contribution in [2.24, 2.45) is 0 Å². The molecule has 0 spiro atoms. The van der Waals surface area contributed by atoms with Gasteiger partial charge >= 0.3 is 0 Å². The van der Waals surface area contributed by atoms with Gasteiger partial charge in [-0.3, -0.25) is 0 Å². The van der Waals surface area contributed by atoms with Crippen LogP contribution in [0.5, 0.6) is 0 Å². The third kappa shape index (κ3) is 5.86. The second-order valence-electron chi connectivity index (χ2n) is 4.87. The average molecular weight is 319 g/mol. The Kier molecular flexibility index (Phi) is 5.92. The topological polar surface area (TPSA) is 48.0 Å². The molecule has 3 nitrogen and oxygen atoms in total. The zero-order chi connectivity index (χ0) is 12.9. The minimum atomic E-state index is -0.971. The van der Waals surface area contributed by atoms with Crippen LogP contribution < -0.4 is 4.72 Å². The molecule has 0 saturated carbocycles. The van der Waals surface area contributed by atoms with E-state index >= 15 is 0 Å². The van der Waals surface area contributed by atoms with Crippen molar-refractivity contribution in [3.63, 3.8) is 0 Å². The lowest BCUT2D eigenvalue weighted by atomic mass is 10.1. The van der Waals surface area contributed by atoms with Gasteiger partial charge in [0, 0.05) is 24.1 Å². The van der Waals surface area contributed by atoms with Crippen LogP contribution in [0.15, 0.2) is 22.9 Å². The van der Waals surface area contributed by atoms with Gasteiger partial charge in [0.05, 0.1) is 0 Å². The molecule has 0 bridgehead atoms. The Balaban J connectivity index is 2.25. The Labute approximate surface area is 115 Å². The molecule has 96 valence electrons. The van der Waals surface area contributed by atoms with Crippen molar-refractivity contribution in [1.82, 2.24) is 9.71 Å². The van der Waals surface area contributed by atoms with Crippen molar-refractivity contribution in [3.8, 4) is 0 Å². The Hall–Kier alpha value is -0.100. The SMILES string of the molecule is CC(C)(C)[S@+]([O-])NCCCc1ccnc(Br)c1. The first-order valence-corrected chi connectivity index (χ1v) is 7.59. The summed E-state index contributed by atoms with van der Waals surface area (Å²) in [6, 6.07) is 4.02. The van der Waals surface area contributed by atoms with E-state index in [0.717, 1.165) is 24.0 Å². The molecule has 0 aliphatic heterocycles. The van der Waals surface area contributed by atoms with E-state index in [1.54, 1.807) is 6.20 Å². The molecule has 0 aliphatic carbocycles. The van der Waals surface area contributed by atoms with Gasteiger partial charge in [0.1, 0.15) is 9.35 Å². The summed E-state index contributed by atoms with van der Waals surface area (Å²) in [5, 5.41) is 0. The van der Waals surface area contributed by atoms with Crippen LogP contribution in [-0.2, 0) is 17.8 Å². The van der Waals surface area contributed by atoms with Crippen LogP contribution in [0.1, 0.15) is 32.8 Å². The van der Waals surface area contributed by atoms with Crippen LogP contribution >= 0.6 is 15.9 Å². The van der Waals surface area contributed by atoms with Crippen LogP contribution in [0.3, 0.4) is 0 Å². The molecule has 1 N–H and O–H groups in total. The fraction of sp³-hybridized carbons (Fsp3) is 0.583. The second-order valence-corrected chi connectivity index (χ2v) is 7.73. The quantitative estimate of drug-likeness (QED) is 0.516. The van der Waals surface area contributed by atoms with E-state index < -0.39 is 11.4 Å². The number of halogens is 1. The number of rotatable bonds is 5. The number of pyridine rings is 1. The maximum absolute atomic E-state index is 11.7. The molecule has 5 heteroatoms. The number of nitrogens with one attached hydrogen (secondary N) is 1. The highest BCUT2D eigenvalue weighted by atomic mass is 79.9. The van der Waals surface area contributed by atoms with Gasteiger partial charge in [-0.2, -0.15) is 0 Å². The minimum Gasteiger partial charge on any atom is -0.598 e. The summed E-state index contributed by atoms with van der Waals surface area (Å²) in [4.78, 5) is 4.08. The van der Waals surface area contributed by atoms with Crippen LogP contribution in [-0.4, -0.2) is 20.8 Å². The fourth-order valence-corrected chi connectivity index (χ4v) is 2.45. The maximum Gasteiger partial charge on any atom is 0.136 e. The van der Waals surface area contributed by atoms with Crippen LogP contribution in [0.4, 0.5) is 0 Å². The highest BCUT2D eigenvalue weighted by Gasteiger charge is 2.25. The Morgan fingerprint density at radius 3 is 2.76 bits per heavy atom. The molecule has 1 aromatic heterocycles. The predicted octanol–water partition coefficient (Wildman–Crippen LogP) is 2.83. The number of nitrogens with zero attached hydrogens (tertiary/aromatic N) is 1. The van der Waals surface area contributed by atoms with Crippen molar-refractivity contribution in [2.75, 3.05) is 6.54 Å². The highest BCUT2D eigenvalue weighted by Crippen LogP contribution is 2.13. The molecule has 0 amide bonds. The first-order valence-electron chi connectivity index (χ1n) is 5.65. The maximum atomic E-state index is 11.7. The molecule has 0 fully saturated rings. The van der Waals surface area contributed by atoms with Gasteiger partial charge in [-0.15, -0.1) is 4.72 Å². The van der Waals surface area contributed by atoms with Crippen molar-refractivity contribution in [3.05, 3.63) is 28.5 Å². The van der Waals surface area contributed by atoms with Crippen molar-refractivity contribution in [1.29, 1.82) is 0 Å². The smallest absolute Gasteiger partial charge is 0.136 e. The number of aryl methyl sites for hydroxylation is 1. The van der Waals surface area contributed by atoms with Gasteiger partial charge in [0.2, 0.25) is 0 Å². The van der Waals surface area contributed by atoms with E-state index in [4.69, 9.17) is 0 Å². The zero-order valence-corrected chi connectivity index (χ0v) is 12.9. The summed E-state index contributed by atoms with van der Waals surface area (Å²) in [5.74, 6) is 0. The molecule has 0 radical (unpaired) electrons. The standard InChI is InChI=1S/C12H19BrN2OS/c1-12(2,3)17(16)15-7-4-5-10-6-8-14-11(13)9-10/h6,8-9,15H,4-5,7H2,1-3H3/t17-/m0/s1. The molecule has 0 aromatic carbocycles. The minimum absolute atomic E-state index is 0.195. The van der Waals surface area contributed by atoms with E-state index in [9.17, 15) is 4.55 Å². The lowest BCUT2D eigenvalue weighted by Crippen LogP contribution is -2.39. The fourth-order valence-electron chi connectivity index (χ4n) is 1.27. The van der Waals surface area contributed by atoms with Crippen LogP contribution in [0.2, 0.25) is 0 Å². The van der Waals surface area contributed by atoms with Crippen molar-refractivity contribution < 1.29 is 4.55 Å². The Bertz CT molecular complexity index is 355. The van der Waals surface area contributed by atoms with Crippen molar-refractivity contribution >= 4 is 27.3 Å². The summed E-state index contributed by atoms with van der Waals surface area (Å²) < 4.78 is 15.4. The Morgan fingerprint density at radius 1 is 1.47 bits per heavy atom. The summed E-state index contributed by atoms with van der Waals surface area (Å²) in [7, 11) is 0. The molecular formula is C12H19BrN2OS. The number of hydrogen-bond acceptors (Lipinski definition) is 3. The van der Waals surface area contributed by atoms with Gasteiger partial charge in [0.25, 0.3) is 0 Å². The van der Waals surface area contributed by atoms with Gasteiger partial charge in [-0.05, 0) is 67.2 Å². The molecule has 1 rings (SSSR count). The highest BCUT2D eigenvalue weighted by molar-refractivity contribution is 9.10. The molecule has 17 heavy (non-hydrogen) atoms.